The zero-order valence-electron chi connectivity index (χ0n) is 13.9. The molecule has 20 heavy (non-hydrogen) atoms. The number of hydrogen-bond donors (Lipinski definition) is 1. The van der Waals surface area contributed by atoms with Crippen LogP contribution in [0, 0.1) is 18.3 Å². The quantitative estimate of drug-likeness (QED) is 0.883. The van der Waals surface area contributed by atoms with Crippen LogP contribution in [0.25, 0.3) is 0 Å². The minimum Gasteiger partial charge on any atom is -0.384 e. The van der Waals surface area contributed by atoms with Crippen LogP contribution in [-0.4, -0.2) is 9.55 Å². The van der Waals surface area contributed by atoms with Crippen molar-refractivity contribution in [2.45, 2.75) is 79.2 Å². The van der Waals surface area contributed by atoms with Crippen LogP contribution in [0.15, 0.2) is 0 Å². The van der Waals surface area contributed by atoms with Gasteiger partial charge in [-0.1, -0.05) is 27.7 Å². The van der Waals surface area contributed by atoms with E-state index >= 15 is 0 Å². The molecule has 0 saturated heterocycles. The van der Waals surface area contributed by atoms with Gasteiger partial charge in [0.2, 0.25) is 0 Å². The van der Waals surface area contributed by atoms with Gasteiger partial charge in [-0.15, -0.1) is 0 Å². The Morgan fingerprint density at radius 1 is 1.20 bits per heavy atom. The minimum atomic E-state index is 0.438. The zero-order chi connectivity index (χ0) is 14.9. The van der Waals surface area contributed by atoms with Crippen molar-refractivity contribution in [3.8, 4) is 0 Å². The third-order valence-corrected chi connectivity index (χ3v) is 5.01. The number of aromatic nitrogens is 2. The summed E-state index contributed by atoms with van der Waals surface area (Å²) in [6.07, 6.45) is 6.22. The summed E-state index contributed by atoms with van der Waals surface area (Å²) < 4.78 is 2.19. The summed E-state index contributed by atoms with van der Waals surface area (Å²) >= 11 is 0. The lowest BCUT2D eigenvalue weighted by Gasteiger charge is -2.36. The Hall–Kier alpha value is -0.990. The highest BCUT2D eigenvalue weighted by molar-refractivity contribution is 5.40. The Bertz CT molecular complexity index is 446. The van der Waals surface area contributed by atoms with Crippen LogP contribution in [0.2, 0.25) is 0 Å². The van der Waals surface area contributed by atoms with Crippen LogP contribution in [0.1, 0.15) is 77.2 Å². The molecule has 2 rings (SSSR count). The molecule has 0 unspecified atom stereocenters. The highest BCUT2D eigenvalue weighted by Gasteiger charge is 2.32. The Morgan fingerprint density at radius 3 is 2.30 bits per heavy atom. The van der Waals surface area contributed by atoms with E-state index < -0.39 is 0 Å². The third kappa shape index (κ3) is 3.02. The van der Waals surface area contributed by atoms with Gasteiger partial charge < -0.3 is 10.3 Å². The maximum Gasteiger partial charge on any atom is 0.127 e. The zero-order valence-corrected chi connectivity index (χ0v) is 13.9. The molecule has 1 heterocycles. The van der Waals surface area contributed by atoms with E-state index in [-0.39, 0.29) is 0 Å². The monoisotopic (exact) mass is 277 g/mol. The fourth-order valence-corrected chi connectivity index (χ4v) is 3.64. The van der Waals surface area contributed by atoms with E-state index in [9.17, 15) is 0 Å². The molecule has 3 nitrogen and oxygen atoms in total. The largest absolute Gasteiger partial charge is 0.384 e. The first kappa shape index (κ1) is 15.4. The van der Waals surface area contributed by atoms with Crippen LogP contribution in [0.3, 0.4) is 0 Å². The topological polar surface area (TPSA) is 43.8 Å². The van der Waals surface area contributed by atoms with Gasteiger partial charge in [-0.3, -0.25) is 0 Å². The van der Waals surface area contributed by atoms with Gasteiger partial charge in [-0.05, 0) is 50.4 Å². The van der Waals surface area contributed by atoms with Gasteiger partial charge in [0.1, 0.15) is 11.6 Å². The van der Waals surface area contributed by atoms with Gasteiger partial charge >= 0.3 is 0 Å². The minimum absolute atomic E-state index is 0.438. The van der Waals surface area contributed by atoms with Crippen LogP contribution >= 0.6 is 0 Å². The second-order valence-electron chi connectivity index (χ2n) is 7.50. The second-order valence-corrected chi connectivity index (χ2v) is 7.50. The summed E-state index contributed by atoms with van der Waals surface area (Å²) in [6.45, 7) is 12.4. The Balaban J connectivity index is 2.09. The standard InChI is InChI=1S/C17H31N3/c1-6-11-20-12(2)19-15(16(20)18)13-7-9-14(10-8-13)17(3,4)5/h13-14H,6-11,18H2,1-5H3. The van der Waals surface area contributed by atoms with Crippen LogP contribution in [-0.2, 0) is 6.54 Å². The number of rotatable bonds is 3. The third-order valence-electron chi connectivity index (χ3n) is 5.01. The molecule has 0 atom stereocenters. The summed E-state index contributed by atoms with van der Waals surface area (Å²) in [7, 11) is 0. The molecule has 1 aromatic rings. The molecular formula is C17H31N3. The molecule has 1 fully saturated rings. The molecule has 1 saturated carbocycles. The fraction of sp³-hybridized carbons (Fsp3) is 0.824. The van der Waals surface area contributed by atoms with E-state index in [0.717, 1.165) is 30.5 Å². The number of imidazole rings is 1. The van der Waals surface area contributed by atoms with Crippen molar-refractivity contribution >= 4 is 5.82 Å². The normalized spacial score (nSPS) is 24.1. The maximum atomic E-state index is 6.34. The van der Waals surface area contributed by atoms with Gasteiger partial charge in [0.25, 0.3) is 0 Å². The molecule has 1 aliphatic carbocycles. The molecule has 0 amide bonds. The van der Waals surface area contributed by atoms with Crippen LogP contribution in [0.4, 0.5) is 5.82 Å². The first-order valence-corrected chi connectivity index (χ1v) is 8.17. The number of aryl methyl sites for hydroxylation is 1. The summed E-state index contributed by atoms with van der Waals surface area (Å²) in [6, 6.07) is 0. The highest BCUT2D eigenvalue weighted by Crippen LogP contribution is 2.44. The van der Waals surface area contributed by atoms with Crippen molar-refractivity contribution in [1.29, 1.82) is 0 Å². The Labute approximate surface area is 124 Å². The molecule has 3 heteroatoms. The molecule has 0 aliphatic heterocycles. The SMILES string of the molecule is CCCn1c(C)nc(C2CCC(C(C)(C)C)CC2)c1N. The van der Waals surface area contributed by atoms with Crippen LogP contribution < -0.4 is 5.73 Å². The van der Waals surface area contributed by atoms with Crippen LogP contribution in [0.5, 0.6) is 0 Å². The van der Waals surface area contributed by atoms with Crippen molar-refractivity contribution < 1.29 is 0 Å². The van der Waals surface area contributed by atoms with Crippen molar-refractivity contribution in [3.63, 3.8) is 0 Å². The van der Waals surface area contributed by atoms with Crippen molar-refractivity contribution in [2.24, 2.45) is 11.3 Å². The maximum absolute atomic E-state index is 6.34. The van der Waals surface area contributed by atoms with Gasteiger partial charge in [0.15, 0.2) is 0 Å². The van der Waals surface area contributed by atoms with E-state index in [1.165, 1.54) is 31.4 Å². The molecule has 0 spiro atoms. The Kier molecular flexibility index (Phi) is 4.46. The number of nitrogens with two attached hydrogens (primary N) is 1. The van der Waals surface area contributed by atoms with Gasteiger partial charge in [0.05, 0.1) is 5.69 Å². The van der Waals surface area contributed by atoms with Gasteiger partial charge in [-0.2, -0.15) is 0 Å². The lowest BCUT2D eigenvalue weighted by atomic mass is 9.69. The smallest absolute Gasteiger partial charge is 0.127 e. The average Bonchev–Trinajstić information content (AvgIpc) is 2.66. The lowest BCUT2D eigenvalue weighted by Crippen LogP contribution is -2.25. The van der Waals surface area contributed by atoms with E-state index in [2.05, 4.69) is 39.2 Å². The predicted octanol–water partition coefficient (Wildman–Crippen LogP) is 4.50. The van der Waals surface area contributed by atoms with E-state index in [4.69, 9.17) is 10.7 Å². The van der Waals surface area contributed by atoms with Crippen molar-refractivity contribution in [3.05, 3.63) is 11.5 Å². The molecule has 0 bridgehead atoms. The summed E-state index contributed by atoms with van der Waals surface area (Å²) in [5, 5.41) is 0. The van der Waals surface area contributed by atoms with E-state index in [0.29, 0.717) is 11.3 Å². The molecule has 1 aromatic heterocycles. The number of anilines is 1. The lowest BCUT2D eigenvalue weighted by molar-refractivity contribution is 0.168. The molecule has 0 aromatic carbocycles. The van der Waals surface area contributed by atoms with E-state index in [1.54, 1.807) is 0 Å². The molecule has 2 N–H and O–H groups in total. The van der Waals surface area contributed by atoms with E-state index in [1.807, 2.05) is 0 Å². The molecule has 1 aliphatic rings. The molecule has 114 valence electrons. The summed E-state index contributed by atoms with van der Waals surface area (Å²) in [4.78, 5) is 4.78. The number of nitrogen functional groups attached to an aromatic ring is 1. The first-order chi connectivity index (χ1) is 9.34. The second kappa shape index (κ2) is 5.79. The highest BCUT2D eigenvalue weighted by atomic mass is 15.1. The van der Waals surface area contributed by atoms with Crippen molar-refractivity contribution in [1.82, 2.24) is 9.55 Å². The van der Waals surface area contributed by atoms with Crippen molar-refractivity contribution in [2.75, 3.05) is 5.73 Å². The number of nitrogens with zero attached hydrogens (tertiary/aromatic N) is 2. The van der Waals surface area contributed by atoms with Gasteiger partial charge in [0, 0.05) is 12.5 Å². The number of hydrogen-bond acceptors (Lipinski definition) is 2. The summed E-state index contributed by atoms with van der Waals surface area (Å²) in [5.74, 6) is 3.42. The average molecular weight is 277 g/mol. The Morgan fingerprint density at radius 2 is 1.80 bits per heavy atom. The fourth-order valence-electron chi connectivity index (χ4n) is 3.64. The predicted molar refractivity (Wildman–Crippen MR) is 85.8 cm³/mol. The van der Waals surface area contributed by atoms with Gasteiger partial charge in [-0.25, -0.2) is 4.98 Å². The molecule has 0 radical (unpaired) electrons. The summed E-state index contributed by atoms with van der Waals surface area (Å²) in [5.41, 5.74) is 7.95. The molecular weight excluding hydrogens is 246 g/mol. The first-order valence-electron chi connectivity index (χ1n) is 8.17.